The second-order valence-corrected chi connectivity index (χ2v) is 10.1. The van der Waals surface area contributed by atoms with Crippen LogP contribution in [0.5, 0.6) is 0 Å². The lowest BCUT2D eigenvalue weighted by Gasteiger charge is -2.20. The van der Waals surface area contributed by atoms with Crippen molar-refractivity contribution in [2.24, 2.45) is 0 Å². The minimum atomic E-state index is -0.265. The molecule has 1 unspecified atom stereocenters. The first kappa shape index (κ1) is 35.2. The summed E-state index contributed by atoms with van der Waals surface area (Å²) in [6, 6.07) is 18.4. The zero-order valence-corrected chi connectivity index (χ0v) is 26.4. The highest BCUT2D eigenvalue weighted by molar-refractivity contribution is 5.84. The molecule has 230 valence electrons. The Morgan fingerprint density at radius 2 is 1.75 bits per heavy atom. The van der Waals surface area contributed by atoms with Gasteiger partial charge in [0.15, 0.2) is 6.29 Å². The second kappa shape index (κ2) is 18.5. The molecule has 8 heteroatoms. The highest BCUT2D eigenvalue weighted by Gasteiger charge is 2.10. The van der Waals surface area contributed by atoms with Crippen LogP contribution in [0.15, 0.2) is 108 Å². The van der Waals surface area contributed by atoms with Gasteiger partial charge in [-0.2, -0.15) is 5.26 Å². The lowest BCUT2D eigenvalue weighted by molar-refractivity contribution is 0.112. The number of aldehydes is 1. The minimum Gasteiger partial charge on any atom is -0.384 e. The average Bonchev–Trinajstić information content (AvgIpc) is 3.03. The van der Waals surface area contributed by atoms with E-state index in [1.807, 2.05) is 77.4 Å². The number of nitrogens with zero attached hydrogens (tertiary/aromatic N) is 2. The zero-order valence-electron chi connectivity index (χ0n) is 26.4. The summed E-state index contributed by atoms with van der Waals surface area (Å²) in [6.45, 7) is 8.52. The van der Waals surface area contributed by atoms with E-state index in [0.29, 0.717) is 24.0 Å². The average molecular weight is 595 g/mol. The van der Waals surface area contributed by atoms with E-state index in [9.17, 15) is 14.4 Å². The summed E-state index contributed by atoms with van der Waals surface area (Å²) in [5, 5.41) is 19.5. The van der Waals surface area contributed by atoms with E-state index in [-0.39, 0.29) is 17.7 Å². The van der Waals surface area contributed by atoms with Gasteiger partial charge in [0.25, 0.3) is 0 Å². The highest BCUT2D eigenvalue weighted by Crippen LogP contribution is 2.23. The van der Waals surface area contributed by atoms with Crippen LogP contribution >= 0.6 is 0 Å². The third-order valence-corrected chi connectivity index (χ3v) is 6.52. The monoisotopic (exact) mass is 594 g/mol. The van der Waals surface area contributed by atoms with E-state index in [1.54, 1.807) is 24.4 Å². The van der Waals surface area contributed by atoms with E-state index in [1.165, 1.54) is 12.1 Å². The summed E-state index contributed by atoms with van der Waals surface area (Å²) < 4.78 is 13.4. The molecule has 0 saturated carbocycles. The van der Waals surface area contributed by atoms with E-state index in [4.69, 9.17) is 5.73 Å². The Morgan fingerprint density at radius 3 is 2.32 bits per heavy atom. The van der Waals surface area contributed by atoms with Gasteiger partial charge in [0.1, 0.15) is 11.6 Å². The first-order valence-corrected chi connectivity index (χ1v) is 14.5. The molecular formula is C36H43FN6O. The summed E-state index contributed by atoms with van der Waals surface area (Å²) in [4.78, 5) is 15.3. The number of nitrogens with one attached hydrogen (secondary N) is 3. The van der Waals surface area contributed by atoms with Crippen LogP contribution in [0.4, 0.5) is 10.2 Å². The van der Waals surface area contributed by atoms with Gasteiger partial charge < -0.3 is 21.7 Å². The van der Waals surface area contributed by atoms with Crippen molar-refractivity contribution in [1.82, 2.24) is 20.9 Å². The quantitative estimate of drug-likeness (QED) is 0.1000. The normalized spacial score (nSPS) is 12.9. The van der Waals surface area contributed by atoms with Crippen LogP contribution in [-0.4, -0.2) is 25.4 Å². The molecule has 1 atom stereocenters. The number of halogens is 1. The van der Waals surface area contributed by atoms with Crippen molar-refractivity contribution in [2.75, 3.05) is 19.8 Å². The number of aromatic nitrogens is 1. The third-order valence-electron chi connectivity index (χ3n) is 6.52. The van der Waals surface area contributed by atoms with E-state index in [2.05, 4.69) is 40.0 Å². The standard InChI is InChI=1S/C34H36FN5O.C2H7N/c1-5-7-33(40-24(4)28-12-14-32(35)15-13-28)27(6-2)17-26(19-36)16-23(3)38-20-25-8-10-29(11-9-25)30-18-31(22-41)34(37)39-21-30;1-3-2/h6-18,21-22,24,38,40H,5,20H2,1-4H3,(H2,37,39);3H,1-2H3/b23-16-,26-17+,27-6+,33-7+;. The van der Waals surface area contributed by atoms with E-state index < -0.39 is 0 Å². The van der Waals surface area contributed by atoms with Crippen molar-refractivity contribution in [3.8, 4) is 17.2 Å². The van der Waals surface area contributed by atoms with Crippen molar-refractivity contribution in [1.29, 1.82) is 5.26 Å². The first-order chi connectivity index (χ1) is 21.2. The van der Waals surface area contributed by atoms with Gasteiger partial charge in [0.2, 0.25) is 0 Å². The zero-order chi connectivity index (χ0) is 32.5. The van der Waals surface area contributed by atoms with Crippen molar-refractivity contribution < 1.29 is 9.18 Å². The number of hydrogen-bond donors (Lipinski definition) is 4. The van der Waals surface area contributed by atoms with Crippen LogP contribution in [0.25, 0.3) is 11.1 Å². The SMILES string of the molecule is C/C=C(\C=C(C#N)/C=C(/C)NCc1ccc(-c2cnc(N)c(C=O)c2)cc1)C(=C\CC)/NC(C)c1ccc(F)cc1.CNC. The van der Waals surface area contributed by atoms with Crippen molar-refractivity contribution >= 4 is 12.1 Å². The van der Waals surface area contributed by atoms with Crippen molar-refractivity contribution in [3.05, 3.63) is 130 Å². The maximum absolute atomic E-state index is 13.4. The lowest BCUT2D eigenvalue weighted by atomic mass is 10.0. The van der Waals surface area contributed by atoms with Gasteiger partial charge >= 0.3 is 0 Å². The number of carbonyl (C=O) groups excluding carboxylic acids is 1. The van der Waals surface area contributed by atoms with Crippen LogP contribution in [0.2, 0.25) is 0 Å². The molecule has 1 aromatic heterocycles. The summed E-state index contributed by atoms with van der Waals surface area (Å²) in [7, 11) is 3.75. The second-order valence-electron chi connectivity index (χ2n) is 10.1. The van der Waals surface area contributed by atoms with Crippen molar-refractivity contribution in [2.45, 2.75) is 46.7 Å². The Labute approximate surface area is 261 Å². The molecule has 0 aliphatic heterocycles. The molecule has 0 aliphatic carbocycles. The van der Waals surface area contributed by atoms with Gasteiger partial charge in [-0.25, -0.2) is 9.37 Å². The fraction of sp³-hybridized carbons (Fsp3) is 0.250. The lowest BCUT2D eigenvalue weighted by Crippen LogP contribution is -2.19. The summed E-state index contributed by atoms with van der Waals surface area (Å²) in [5.74, 6) is -0.0497. The van der Waals surface area contributed by atoms with Crippen LogP contribution in [0.3, 0.4) is 0 Å². The summed E-state index contributed by atoms with van der Waals surface area (Å²) in [5.41, 5.74) is 13.0. The Balaban J connectivity index is 0.00000216. The Kier molecular flexibility index (Phi) is 14.8. The fourth-order valence-corrected chi connectivity index (χ4v) is 4.21. The van der Waals surface area contributed by atoms with Crippen molar-refractivity contribution in [3.63, 3.8) is 0 Å². The molecular weight excluding hydrogens is 551 g/mol. The number of anilines is 1. The first-order valence-electron chi connectivity index (χ1n) is 14.5. The number of nitrogens with two attached hydrogens (primary N) is 1. The number of nitriles is 1. The maximum atomic E-state index is 13.4. The van der Waals surface area contributed by atoms with Gasteiger partial charge in [-0.3, -0.25) is 4.79 Å². The largest absolute Gasteiger partial charge is 0.384 e. The Bertz CT molecular complexity index is 1530. The molecule has 0 spiro atoms. The summed E-state index contributed by atoms with van der Waals surface area (Å²) in [6.07, 6.45) is 10.9. The highest BCUT2D eigenvalue weighted by atomic mass is 19.1. The molecule has 3 aromatic rings. The molecule has 0 radical (unpaired) electrons. The van der Waals surface area contributed by atoms with Crippen LogP contribution in [0.1, 0.15) is 61.6 Å². The smallest absolute Gasteiger partial charge is 0.153 e. The van der Waals surface area contributed by atoms with Gasteiger partial charge in [-0.1, -0.05) is 55.5 Å². The van der Waals surface area contributed by atoms with Gasteiger partial charge in [-0.05, 0) is 93.9 Å². The number of carbonyl (C=O) groups is 1. The maximum Gasteiger partial charge on any atom is 0.153 e. The molecule has 0 bridgehead atoms. The van der Waals surface area contributed by atoms with Gasteiger partial charge in [0, 0.05) is 35.7 Å². The number of pyridine rings is 1. The Hall–Kier alpha value is -5.00. The molecule has 0 amide bonds. The third kappa shape index (κ3) is 11.0. The van der Waals surface area contributed by atoms with Gasteiger partial charge in [-0.15, -0.1) is 0 Å². The number of rotatable bonds is 12. The number of benzene rings is 2. The Morgan fingerprint density at radius 1 is 1.09 bits per heavy atom. The minimum absolute atomic E-state index is 0.0454. The number of nitrogen functional groups attached to an aromatic ring is 1. The van der Waals surface area contributed by atoms with Crippen LogP contribution < -0.4 is 21.7 Å². The molecule has 0 fully saturated rings. The molecule has 5 N–H and O–H groups in total. The molecule has 0 saturated heterocycles. The van der Waals surface area contributed by atoms with E-state index >= 15 is 0 Å². The molecule has 7 nitrogen and oxygen atoms in total. The predicted molar refractivity (Wildman–Crippen MR) is 179 cm³/mol. The van der Waals surface area contributed by atoms with Gasteiger partial charge in [0.05, 0.1) is 17.2 Å². The predicted octanol–water partition coefficient (Wildman–Crippen LogP) is 7.15. The molecule has 3 rings (SSSR count). The molecule has 44 heavy (non-hydrogen) atoms. The number of hydrogen-bond acceptors (Lipinski definition) is 7. The molecule has 1 heterocycles. The fourth-order valence-electron chi connectivity index (χ4n) is 4.21. The molecule has 0 aliphatic rings. The molecule has 2 aromatic carbocycles. The van der Waals surface area contributed by atoms with E-state index in [0.717, 1.165) is 45.6 Å². The van der Waals surface area contributed by atoms with Crippen LogP contribution in [-0.2, 0) is 6.54 Å². The number of allylic oxidation sites excluding steroid dienone is 6. The van der Waals surface area contributed by atoms with Crippen LogP contribution in [0, 0.1) is 17.1 Å². The topological polar surface area (TPSA) is 116 Å². The summed E-state index contributed by atoms with van der Waals surface area (Å²) >= 11 is 0.